The van der Waals surface area contributed by atoms with Gasteiger partial charge in [0.1, 0.15) is 21.1 Å². The van der Waals surface area contributed by atoms with E-state index in [1.165, 1.54) is 0 Å². The van der Waals surface area contributed by atoms with Gasteiger partial charge in [0, 0.05) is 0 Å². The highest BCUT2D eigenvalue weighted by atomic mass is 32.2. The molecule has 0 N–H and O–H groups in total. The first-order chi connectivity index (χ1) is 10.7. The van der Waals surface area contributed by atoms with Gasteiger partial charge in [0.05, 0.1) is 0 Å². The molecule has 0 bridgehead atoms. The highest BCUT2D eigenvalue weighted by Gasteiger charge is 2.16. The van der Waals surface area contributed by atoms with Gasteiger partial charge >= 0.3 is 0 Å². The fourth-order valence-electron chi connectivity index (χ4n) is 1.79. The topological polar surface area (TPSA) is 51.6 Å². The molecule has 0 radical (unpaired) electrons. The first kappa shape index (κ1) is 18.2. The Hall–Kier alpha value is -0.180. The summed E-state index contributed by atoms with van der Waals surface area (Å²) in [6.07, 6.45) is 0. The zero-order valence-electron chi connectivity index (χ0n) is 13.3. The molecule has 0 saturated carbocycles. The van der Waals surface area contributed by atoms with Crippen LogP contribution in [-0.4, -0.2) is 42.9 Å². The summed E-state index contributed by atoms with van der Waals surface area (Å²) >= 11 is 6.78. The summed E-state index contributed by atoms with van der Waals surface area (Å²) in [6, 6.07) is 0. The van der Waals surface area contributed by atoms with Gasteiger partial charge in [-0.15, -0.1) is 23.5 Å². The Morgan fingerprint density at radius 1 is 0.545 bits per heavy atom. The van der Waals surface area contributed by atoms with Gasteiger partial charge in [-0.3, -0.25) is 0 Å². The predicted molar refractivity (Wildman–Crippen MR) is 101 cm³/mol. The van der Waals surface area contributed by atoms with Crippen LogP contribution in [0.3, 0.4) is 0 Å². The van der Waals surface area contributed by atoms with Crippen molar-refractivity contribution < 1.29 is 0 Å². The van der Waals surface area contributed by atoms with Crippen LogP contribution in [0.2, 0.25) is 0 Å². The zero-order valence-corrected chi connectivity index (χ0v) is 16.5. The molecular weight excluding hydrogens is 352 g/mol. The van der Waals surface area contributed by atoms with E-state index in [0.29, 0.717) is 0 Å². The van der Waals surface area contributed by atoms with Gasteiger partial charge in [-0.1, -0.05) is 51.2 Å². The first-order valence-corrected chi connectivity index (χ1v) is 11.3. The van der Waals surface area contributed by atoms with Crippen molar-refractivity contribution in [3.05, 3.63) is 0 Å². The van der Waals surface area contributed by atoms with E-state index >= 15 is 0 Å². The maximum absolute atomic E-state index is 4.71. The number of hydrogen-bond donors (Lipinski definition) is 0. The van der Waals surface area contributed by atoms with Crippen molar-refractivity contribution in [2.45, 2.75) is 48.1 Å². The van der Waals surface area contributed by atoms with Crippen LogP contribution in [0.1, 0.15) is 27.7 Å². The molecule has 2 aromatic heterocycles. The van der Waals surface area contributed by atoms with Crippen molar-refractivity contribution in [3.8, 4) is 0 Å². The number of nitrogens with zero attached hydrogens (tertiary/aromatic N) is 4. The lowest BCUT2D eigenvalue weighted by Gasteiger charge is -2.10. The van der Waals surface area contributed by atoms with Crippen LogP contribution in [0, 0.1) is 0 Å². The lowest BCUT2D eigenvalue weighted by atomic mass is 10.4. The lowest BCUT2D eigenvalue weighted by molar-refractivity contribution is 0.857. The van der Waals surface area contributed by atoms with Gasteiger partial charge in [0.15, 0.2) is 10.3 Å². The SMILES string of the molecule is CCSc1nc(SCC)c2nc(SCC)nc(SCC)c2n1. The van der Waals surface area contributed by atoms with E-state index in [2.05, 4.69) is 37.7 Å². The Bertz CT molecular complexity index is 581. The summed E-state index contributed by atoms with van der Waals surface area (Å²) in [5, 5.41) is 3.59. The second-order valence-corrected chi connectivity index (χ2v) is 9.02. The molecular formula is C14H20N4S4. The highest BCUT2D eigenvalue weighted by Crippen LogP contribution is 2.33. The van der Waals surface area contributed by atoms with Crippen LogP contribution >= 0.6 is 47.0 Å². The second-order valence-electron chi connectivity index (χ2n) is 4.05. The Morgan fingerprint density at radius 3 is 1.23 bits per heavy atom. The minimum absolute atomic E-state index is 0.823. The van der Waals surface area contributed by atoms with E-state index in [0.717, 1.165) is 54.4 Å². The fourth-order valence-corrected chi connectivity index (χ4v) is 4.45. The minimum atomic E-state index is 0.823. The molecule has 0 saturated heterocycles. The summed E-state index contributed by atoms with van der Waals surface area (Å²) in [5.41, 5.74) is 1.79. The summed E-state index contributed by atoms with van der Waals surface area (Å²) in [7, 11) is 0. The van der Waals surface area contributed by atoms with E-state index in [4.69, 9.17) is 9.97 Å². The zero-order chi connectivity index (χ0) is 15.9. The van der Waals surface area contributed by atoms with Gasteiger partial charge < -0.3 is 0 Å². The van der Waals surface area contributed by atoms with E-state index in [-0.39, 0.29) is 0 Å². The van der Waals surface area contributed by atoms with Crippen LogP contribution in [0.15, 0.2) is 20.4 Å². The molecule has 2 aromatic rings. The Morgan fingerprint density at radius 2 is 0.909 bits per heavy atom. The van der Waals surface area contributed by atoms with Crippen LogP contribution in [-0.2, 0) is 0 Å². The van der Waals surface area contributed by atoms with E-state index < -0.39 is 0 Å². The Kier molecular flexibility index (Phi) is 7.59. The van der Waals surface area contributed by atoms with Gasteiger partial charge in [0.25, 0.3) is 0 Å². The number of fused-ring (bicyclic) bond motifs is 1. The molecule has 0 aliphatic carbocycles. The van der Waals surface area contributed by atoms with Crippen LogP contribution < -0.4 is 0 Å². The lowest BCUT2D eigenvalue weighted by Crippen LogP contribution is -2.00. The maximum Gasteiger partial charge on any atom is 0.189 e. The molecule has 8 heteroatoms. The monoisotopic (exact) mass is 372 g/mol. The van der Waals surface area contributed by atoms with E-state index in [1.54, 1.807) is 47.0 Å². The molecule has 0 fully saturated rings. The van der Waals surface area contributed by atoms with Gasteiger partial charge in [-0.2, -0.15) is 0 Å². The molecule has 0 amide bonds. The van der Waals surface area contributed by atoms with Crippen molar-refractivity contribution in [2.75, 3.05) is 23.0 Å². The van der Waals surface area contributed by atoms with Crippen molar-refractivity contribution >= 4 is 58.1 Å². The predicted octanol–water partition coefficient (Wildman–Crippen LogP) is 4.87. The van der Waals surface area contributed by atoms with Crippen LogP contribution in [0.5, 0.6) is 0 Å². The third-order valence-corrected chi connectivity index (χ3v) is 5.70. The third-order valence-electron chi connectivity index (χ3n) is 2.55. The van der Waals surface area contributed by atoms with Crippen LogP contribution in [0.4, 0.5) is 0 Å². The largest absolute Gasteiger partial charge is 0.218 e. The number of aromatic nitrogens is 4. The summed E-state index contributed by atoms with van der Waals surface area (Å²) in [6.45, 7) is 8.50. The van der Waals surface area contributed by atoms with E-state index in [1.807, 2.05) is 0 Å². The molecule has 120 valence electrons. The maximum atomic E-state index is 4.71. The molecule has 0 aromatic carbocycles. The standard InChI is InChI=1S/C14H20N4S4/c1-5-19-11-9-10(16-13(17-11)21-7-3)12(20-6-2)18-14(15-9)22-8-4/h5-8H2,1-4H3. The van der Waals surface area contributed by atoms with Crippen molar-refractivity contribution in [3.63, 3.8) is 0 Å². The Balaban J connectivity index is 2.65. The summed E-state index contributed by atoms with van der Waals surface area (Å²) < 4.78 is 0. The molecule has 4 nitrogen and oxygen atoms in total. The molecule has 0 aliphatic rings. The normalized spacial score (nSPS) is 11.3. The van der Waals surface area contributed by atoms with Crippen molar-refractivity contribution in [1.82, 2.24) is 19.9 Å². The molecule has 0 aliphatic heterocycles. The minimum Gasteiger partial charge on any atom is -0.218 e. The number of rotatable bonds is 8. The molecule has 22 heavy (non-hydrogen) atoms. The van der Waals surface area contributed by atoms with Crippen molar-refractivity contribution in [2.24, 2.45) is 0 Å². The molecule has 0 spiro atoms. The quantitative estimate of drug-likeness (QED) is 0.370. The number of thioether (sulfide) groups is 4. The fraction of sp³-hybridized carbons (Fsp3) is 0.571. The molecule has 0 atom stereocenters. The molecule has 2 heterocycles. The average molecular weight is 373 g/mol. The summed E-state index contributed by atoms with van der Waals surface area (Å²) in [4.78, 5) is 18.8. The van der Waals surface area contributed by atoms with Gasteiger partial charge in [0.2, 0.25) is 0 Å². The highest BCUT2D eigenvalue weighted by molar-refractivity contribution is 8.00. The Labute approximate surface area is 148 Å². The smallest absolute Gasteiger partial charge is 0.189 e. The van der Waals surface area contributed by atoms with Gasteiger partial charge in [-0.05, 0) is 23.0 Å². The van der Waals surface area contributed by atoms with E-state index in [9.17, 15) is 0 Å². The van der Waals surface area contributed by atoms with Gasteiger partial charge in [-0.25, -0.2) is 19.9 Å². The van der Waals surface area contributed by atoms with Crippen molar-refractivity contribution in [1.29, 1.82) is 0 Å². The number of hydrogen-bond acceptors (Lipinski definition) is 8. The average Bonchev–Trinajstić information content (AvgIpc) is 2.49. The second kappa shape index (κ2) is 9.20. The first-order valence-electron chi connectivity index (χ1n) is 7.34. The van der Waals surface area contributed by atoms with Crippen LogP contribution in [0.25, 0.3) is 11.0 Å². The molecule has 2 rings (SSSR count). The molecule has 0 unspecified atom stereocenters. The third kappa shape index (κ3) is 4.43. The summed E-state index contributed by atoms with van der Waals surface area (Å²) in [5.74, 6) is 3.86.